The van der Waals surface area contributed by atoms with Crippen LogP contribution >= 0.6 is 0 Å². The number of hydrogen-bond donors (Lipinski definition) is 1. The van der Waals surface area contributed by atoms with Crippen LogP contribution in [0.4, 0.5) is 35.1 Å². The number of halogens is 8. The van der Waals surface area contributed by atoms with E-state index in [-0.39, 0.29) is 6.20 Å². The van der Waals surface area contributed by atoms with Crippen molar-refractivity contribution in [2.45, 2.75) is 25.5 Å². The van der Waals surface area contributed by atoms with Gasteiger partial charge in [-0.15, -0.1) is 13.2 Å². The van der Waals surface area contributed by atoms with Crippen molar-refractivity contribution in [3.05, 3.63) is 22.9 Å². The lowest BCUT2D eigenvalue weighted by atomic mass is 10.0. The van der Waals surface area contributed by atoms with E-state index in [0.717, 1.165) is 0 Å². The Kier molecular flexibility index (Phi) is 4.42. The van der Waals surface area contributed by atoms with Gasteiger partial charge in [-0.2, -0.15) is 13.2 Å². The van der Waals surface area contributed by atoms with Crippen LogP contribution < -0.4 is 10.5 Å². The maximum absolute atomic E-state index is 12.7. The molecule has 3 nitrogen and oxygen atoms in total. The average Bonchev–Trinajstić information content (AvgIpc) is 2.24. The van der Waals surface area contributed by atoms with Crippen molar-refractivity contribution < 1.29 is 39.9 Å². The fraction of sp³-hybridized carbons (Fsp3) is 0.444. The molecule has 114 valence electrons. The summed E-state index contributed by atoms with van der Waals surface area (Å²) in [5.41, 5.74) is 0.0884. The van der Waals surface area contributed by atoms with Gasteiger partial charge in [0.15, 0.2) is 0 Å². The van der Waals surface area contributed by atoms with Crippen LogP contribution in [-0.2, 0) is 12.7 Å². The van der Waals surface area contributed by atoms with E-state index in [1.54, 1.807) is 0 Å². The van der Waals surface area contributed by atoms with E-state index in [1.165, 1.54) is 0 Å². The Morgan fingerprint density at radius 1 is 1.15 bits per heavy atom. The Morgan fingerprint density at radius 3 is 2.05 bits per heavy atom. The summed E-state index contributed by atoms with van der Waals surface area (Å²) in [5.74, 6) is -1.50. The molecule has 0 aliphatic rings. The fourth-order valence-corrected chi connectivity index (χ4v) is 1.44. The molecule has 0 spiro atoms. The zero-order valence-electron chi connectivity index (χ0n) is 9.32. The summed E-state index contributed by atoms with van der Waals surface area (Å²) < 4.78 is 102. The lowest BCUT2D eigenvalue weighted by Crippen LogP contribution is -2.23. The van der Waals surface area contributed by atoms with Gasteiger partial charge in [-0.25, -0.2) is 13.8 Å². The van der Waals surface area contributed by atoms with Crippen LogP contribution in [0.3, 0.4) is 0 Å². The van der Waals surface area contributed by atoms with Gasteiger partial charge in [0.2, 0.25) is 5.88 Å². The molecular formula is C9H6F8N2O. The van der Waals surface area contributed by atoms with Crippen molar-refractivity contribution in [3.63, 3.8) is 0 Å². The van der Waals surface area contributed by atoms with Gasteiger partial charge in [-0.05, 0) is 0 Å². The van der Waals surface area contributed by atoms with Crippen molar-refractivity contribution in [2.24, 2.45) is 5.73 Å². The molecule has 1 aromatic rings. The zero-order valence-corrected chi connectivity index (χ0v) is 9.32. The van der Waals surface area contributed by atoms with E-state index in [9.17, 15) is 35.1 Å². The van der Waals surface area contributed by atoms with Gasteiger partial charge < -0.3 is 10.5 Å². The number of nitrogens with two attached hydrogens (primary N) is 1. The van der Waals surface area contributed by atoms with E-state index in [0.29, 0.717) is 0 Å². The first-order valence-electron chi connectivity index (χ1n) is 4.80. The Balaban J connectivity index is 3.53. The highest BCUT2D eigenvalue weighted by atomic mass is 19.4. The molecule has 0 saturated heterocycles. The van der Waals surface area contributed by atoms with Gasteiger partial charge >= 0.3 is 12.5 Å². The lowest BCUT2D eigenvalue weighted by Gasteiger charge is -2.19. The standard InChI is InChI=1S/C9H6F8N2O/c10-6(11)4-2-19-7(20-9(15,16)17)3(1-18)5(4)8(12,13)14/h2,6H,1,18H2. The minimum atomic E-state index is -5.33. The highest BCUT2D eigenvalue weighted by Gasteiger charge is 2.42. The Hall–Kier alpha value is -1.65. The molecule has 11 heteroatoms. The fourth-order valence-electron chi connectivity index (χ4n) is 1.44. The first kappa shape index (κ1) is 16.4. The second kappa shape index (κ2) is 5.38. The Morgan fingerprint density at radius 2 is 1.70 bits per heavy atom. The number of ether oxygens (including phenoxy) is 1. The largest absolute Gasteiger partial charge is 0.574 e. The molecule has 1 heterocycles. The second-order valence-corrected chi connectivity index (χ2v) is 3.42. The maximum atomic E-state index is 12.7. The molecule has 0 aliphatic carbocycles. The SMILES string of the molecule is NCc1c(OC(F)(F)F)ncc(C(F)F)c1C(F)(F)F. The van der Waals surface area contributed by atoms with Crippen molar-refractivity contribution >= 4 is 0 Å². The maximum Gasteiger partial charge on any atom is 0.574 e. The quantitative estimate of drug-likeness (QED) is 0.871. The highest BCUT2D eigenvalue weighted by Crippen LogP contribution is 2.41. The molecular weight excluding hydrogens is 304 g/mol. The third-order valence-corrected chi connectivity index (χ3v) is 2.10. The summed E-state index contributed by atoms with van der Waals surface area (Å²) in [6, 6.07) is 0. The third kappa shape index (κ3) is 3.68. The van der Waals surface area contributed by atoms with Gasteiger partial charge in [0.05, 0.1) is 5.56 Å². The predicted octanol–water partition coefficient (Wildman–Crippen LogP) is 3.40. The number of pyridine rings is 1. The van der Waals surface area contributed by atoms with Crippen LogP contribution in [0, 0.1) is 0 Å². The van der Waals surface area contributed by atoms with Crippen LogP contribution in [0.2, 0.25) is 0 Å². The van der Waals surface area contributed by atoms with Crippen LogP contribution in [0.1, 0.15) is 23.1 Å². The molecule has 0 aliphatic heterocycles. The molecule has 0 radical (unpaired) electrons. The molecule has 0 unspecified atom stereocenters. The molecule has 0 amide bonds. The first-order valence-corrected chi connectivity index (χ1v) is 4.80. The van der Waals surface area contributed by atoms with Crippen molar-refractivity contribution in [2.75, 3.05) is 0 Å². The lowest BCUT2D eigenvalue weighted by molar-refractivity contribution is -0.276. The van der Waals surface area contributed by atoms with Gasteiger partial charge in [-0.3, -0.25) is 0 Å². The van der Waals surface area contributed by atoms with Gasteiger partial charge in [0, 0.05) is 23.9 Å². The molecule has 20 heavy (non-hydrogen) atoms. The average molecular weight is 310 g/mol. The molecule has 0 atom stereocenters. The topological polar surface area (TPSA) is 48.1 Å². The number of nitrogens with zero attached hydrogens (tertiary/aromatic N) is 1. The predicted molar refractivity (Wildman–Crippen MR) is 48.8 cm³/mol. The number of rotatable bonds is 3. The zero-order chi connectivity index (χ0) is 15.7. The molecule has 2 N–H and O–H groups in total. The van der Waals surface area contributed by atoms with Crippen LogP contribution in [-0.4, -0.2) is 11.3 Å². The van der Waals surface area contributed by atoms with E-state index in [2.05, 4.69) is 9.72 Å². The number of alkyl halides is 8. The first-order chi connectivity index (χ1) is 8.97. The van der Waals surface area contributed by atoms with Gasteiger partial charge in [0.25, 0.3) is 6.43 Å². The molecule has 0 saturated carbocycles. The summed E-state index contributed by atoms with van der Waals surface area (Å²) >= 11 is 0. The monoisotopic (exact) mass is 310 g/mol. The van der Waals surface area contributed by atoms with Crippen LogP contribution in [0.25, 0.3) is 0 Å². The van der Waals surface area contributed by atoms with E-state index < -0.39 is 48.1 Å². The Labute approximate surface area is 106 Å². The van der Waals surface area contributed by atoms with Crippen LogP contribution in [0.5, 0.6) is 5.88 Å². The summed E-state index contributed by atoms with van der Waals surface area (Å²) in [7, 11) is 0. The van der Waals surface area contributed by atoms with Gasteiger partial charge in [-0.1, -0.05) is 0 Å². The van der Waals surface area contributed by atoms with E-state index >= 15 is 0 Å². The molecule has 0 aromatic carbocycles. The summed E-state index contributed by atoms with van der Waals surface area (Å²) in [6.07, 6.45) is -14.3. The molecule has 1 aromatic heterocycles. The summed E-state index contributed by atoms with van der Waals surface area (Å²) in [4.78, 5) is 2.83. The van der Waals surface area contributed by atoms with Gasteiger partial charge in [0.1, 0.15) is 0 Å². The smallest absolute Gasteiger partial charge is 0.388 e. The Bertz CT molecular complexity index is 482. The van der Waals surface area contributed by atoms with Crippen LogP contribution in [0.15, 0.2) is 6.20 Å². The van der Waals surface area contributed by atoms with Crippen molar-refractivity contribution in [1.82, 2.24) is 4.98 Å². The minimum absolute atomic E-state index is 0.0201. The van der Waals surface area contributed by atoms with Crippen molar-refractivity contribution in [3.8, 4) is 5.88 Å². The summed E-state index contributed by atoms with van der Waals surface area (Å²) in [5, 5.41) is 0. The highest BCUT2D eigenvalue weighted by molar-refractivity contribution is 5.42. The second-order valence-electron chi connectivity index (χ2n) is 3.42. The molecule has 0 bridgehead atoms. The van der Waals surface area contributed by atoms with Crippen molar-refractivity contribution in [1.29, 1.82) is 0 Å². The summed E-state index contributed by atoms with van der Waals surface area (Å²) in [6.45, 7) is -1.10. The van der Waals surface area contributed by atoms with E-state index in [4.69, 9.17) is 5.73 Å². The number of hydrogen-bond acceptors (Lipinski definition) is 3. The minimum Gasteiger partial charge on any atom is -0.388 e. The normalized spacial score (nSPS) is 12.9. The molecule has 0 fully saturated rings. The number of aromatic nitrogens is 1. The third-order valence-electron chi connectivity index (χ3n) is 2.10. The van der Waals surface area contributed by atoms with E-state index in [1.807, 2.05) is 0 Å². The molecule has 1 rings (SSSR count).